The number of allylic oxidation sites excluding steroid dienone is 2. The second-order valence-electron chi connectivity index (χ2n) is 3.07. The van der Waals surface area contributed by atoms with Crippen LogP contribution in [0.4, 0.5) is 0 Å². The zero-order valence-electron chi connectivity index (χ0n) is 7.91. The third-order valence-corrected chi connectivity index (χ3v) is 2.14. The molecule has 1 aliphatic carbocycles. The summed E-state index contributed by atoms with van der Waals surface area (Å²) in [5.74, 6) is -0.122. The van der Waals surface area contributed by atoms with Crippen molar-refractivity contribution in [3.05, 3.63) is 47.0 Å². The fraction of sp³-hybridized carbons (Fsp3) is 0.0909. The summed E-state index contributed by atoms with van der Waals surface area (Å²) in [6.45, 7) is 1.66. The van der Waals surface area contributed by atoms with Gasteiger partial charge in [0.05, 0.1) is 0 Å². The Balaban J connectivity index is 0.000000980. The van der Waals surface area contributed by atoms with E-state index in [1.54, 1.807) is 31.2 Å². The molecule has 0 atom stereocenters. The summed E-state index contributed by atoms with van der Waals surface area (Å²) in [7, 11) is 0. The van der Waals surface area contributed by atoms with Crippen molar-refractivity contribution in [3.63, 3.8) is 0 Å². The van der Waals surface area contributed by atoms with Gasteiger partial charge in [0.2, 0.25) is 0 Å². The van der Waals surface area contributed by atoms with Crippen molar-refractivity contribution in [2.45, 2.75) is 6.92 Å². The van der Waals surface area contributed by atoms with Gasteiger partial charge >= 0.3 is 27.3 Å². The summed E-state index contributed by atoms with van der Waals surface area (Å²) in [6, 6.07) is 6.89. The first-order chi connectivity index (χ1) is 6.20. The van der Waals surface area contributed by atoms with Crippen molar-refractivity contribution in [2.24, 2.45) is 0 Å². The standard InChI is InChI=1S/C11H8O2.Pb.2H/c1-7-6-10(12)8-4-2-3-5-9(8)11(7)13;;;/h2-6H,1H3;;;. The number of ketones is 2. The van der Waals surface area contributed by atoms with Crippen LogP contribution < -0.4 is 0 Å². The number of hydrogen-bond acceptors (Lipinski definition) is 2. The first-order valence-corrected chi connectivity index (χ1v) is 4.06. The van der Waals surface area contributed by atoms with Crippen LogP contribution in [0.15, 0.2) is 35.9 Å². The molecule has 0 amide bonds. The third-order valence-electron chi connectivity index (χ3n) is 2.14. The number of Topliss-reactive ketones (excluding diaryl/α,β-unsaturated/α-hetero) is 1. The second kappa shape index (κ2) is 4.17. The van der Waals surface area contributed by atoms with E-state index in [-0.39, 0.29) is 38.9 Å². The van der Waals surface area contributed by atoms with Gasteiger partial charge in [-0.25, -0.2) is 0 Å². The quantitative estimate of drug-likeness (QED) is 0.631. The summed E-state index contributed by atoms with van der Waals surface area (Å²) in [4.78, 5) is 23.0. The van der Waals surface area contributed by atoms with E-state index in [4.69, 9.17) is 0 Å². The number of carbonyl (C=O) groups excluding carboxylic acids is 2. The molecule has 0 fully saturated rings. The van der Waals surface area contributed by atoms with Crippen LogP contribution in [0.5, 0.6) is 0 Å². The maximum absolute atomic E-state index is 11.5. The summed E-state index contributed by atoms with van der Waals surface area (Å²) in [6.07, 6.45) is 1.39. The van der Waals surface area contributed by atoms with E-state index in [2.05, 4.69) is 0 Å². The molecule has 0 spiro atoms. The van der Waals surface area contributed by atoms with Crippen LogP contribution in [0.25, 0.3) is 0 Å². The van der Waals surface area contributed by atoms with Gasteiger partial charge in [0.15, 0.2) is 11.6 Å². The van der Waals surface area contributed by atoms with Crippen LogP contribution in [0.3, 0.4) is 0 Å². The summed E-state index contributed by atoms with van der Waals surface area (Å²) < 4.78 is 0. The van der Waals surface area contributed by atoms with Gasteiger partial charge in [-0.05, 0) is 13.0 Å². The van der Waals surface area contributed by atoms with Crippen molar-refractivity contribution in [2.75, 3.05) is 0 Å². The minimum absolute atomic E-state index is 0. The van der Waals surface area contributed by atoms with Crippen LogP contribution in [0.2, 0.25) is 0 Å². The third kappa shape index (κ3) is 1.71. The molecule has 0 unspecified atom stereocenters. The van der Waals surface area contributed by atoms with Crippen LogP contribution in [-0.4, -0.2) is 38.9 Å². The molecular formula is C11H10O2Pb. The van der Waals surface area contributed by atoms with E-state index >= 15 is 0 Å². The molecule has 0 heterocycles. The van der Waals surface area contributed by atoms with E-state index in [1.807, 2.05) is 0 Å². The normalized spacial score (nSPS) is 14.2. The Bertz CT molecular complexity index is 433. The van der Waals surface area contributed by atoms with Crippen molar-refractivity contribution in [1.29, 1.82) is 0 Å². The summed E-state index contributed by atoms with van der Waals surface area (Å²) in [5.41, 5.74) is 1.55. The first kappa shape index (κ1) is 11.3. The van der Waals surface area contributed by atoms with Gasteiger partial charge < -0.3 is 0 Å². The first-order valence-electron chi connectivity index (χ1n) is 4.06. The van der Waals surface area contributed by atoms with Gasteiger partial charge in [0.1, 0.15) is 0 Å². The number of rotatable bonds is 0. The Morgan fingerprint density at radius 2 is 1.57 bits per heavy atom. The molecule has 0 aliphatic heterocycles. The zero-order valence-corrected chi connectivity index (χ0v) is 13.4. The zero-order chi connectivity index (χ0) is 9.42. The van der Waals surface area contributed by atoms with E-state index < -0.39 is 0 Å². The van der Waals surface area contributed by atoms with Crippen LogP contribution in [0.1, 0.15) is 27.6 Å². The van der Waals surface area contributed by atoms with E-state index in [1.165, 1.54) is 6.08 Å². The Labute approximate surface area is 102 Å². The molecule has 0 saturated carbocycles. The maximum atomic E-state index is 11.5. The van der Waals surface area contributed by atoms with Crippen LogP contribution in [0, 0.1) is 0 Å². The Hall–Kier alpha value is -0.778. The Kier molecular flexibility index (Phi) is 3.36. The number of hydrogen-bond donors (Lipinski definition) is 0. The summed E-state index contributed by atoms with van der Waals surface area (Å²) >= 11 is 0. The second-order valence-corrected chi connectivity index (χ2v) is 3.07. The van der Waals surface area contributed by atoms with Gasteiger partial charge in [-0.3, -0.25) is 9.59 Å². The van der Waals surface area contributed by atoms with Gasteiger partial charge in [0, 0.05) is 16.7 Å². The molecule has 3 heteroatoms. The van der Waals surface area contributed by atoms with Gasteiger partial charge in [-0.2, -0.15) is 0 Å². The van der Waals surface area contributed by atoms with Crippen molar-refractivity contribution >= 4 is 38.9 Å². The van der Waals surface area contributed by atoms with E-state index in [0.717, 1.165) is 0 Å². The summed E-state index contributed by atoms with van der Waals surface area (Å²) in [5, 5.41) is 0. The molecule has 0 saturated heterocycles. The molecule has 2 nitrogen and oxygen atoms in total. The SMILES string of the molecule is CC1=CC(=O)c2ccccc2C1=O.[PbH2]. The van der Waals surface area contributed by atoms with Gasteiger partial charge in [0.25, 0.3) is 0 Å². The predicted octanol–water partition coefficient (Wildman–Crippen LogP) is 1.10. The fourth-order valence-electron chi connectivity index (χ4n) is 1.45. The molecule has 70 valence electrons. The van der Waals surface area contributed by atoms with Gasteiger partial charge in [-0.1, -0.05) is 24.3 Å². The molecule has 14 heavy (non-hydrogen) atoms. The molecule has 2 rings (SSSR count). The number of carbonyl (C=O) groups is 2. The predicted molar refractivity (Wildman–Crippen MR) is 57.4 cm³/mol. The fourth-order valence-corrected chi connectivity index (χ4v) is 1.45. The molecule has 1 aromatic rings. The van der Waals surface area contributed by atoms with Crippen molar-refractivity contribution in [3.8, 4) is 0 Å². The minimum atomic E-state index is -0.0762. The number of fused-ring (bicyclic) bond motifs is 1. The Morgan fingerprint density at radius 3 is 2.21 bits per heavy atom. The van der Waals surface area contributed by atoms with Crippen molar-refractivity contribution < 1.29 is 9.59 Å². The monoisotopic (exact) mass is 382 g/mol. The molecule has 1 aromatic carbocycles. The molecular weight excluding hydrogens is 371 g/mol. The molecule has 0 N–H and O–H groups in total. The molecule has 0 bridgehead atoms. The molecule has 0 aromatic heterocycles. The molecule has 1 aliphatic rings. The topological polar surface area (TPSA) is 34.1 Å². The van der Waals surface area contributed by atoms with Gasteiger partial charge in [-0.15, -0.1) is 0 Å². The Morgan fingerprint density at radius 1 is 1.00 bits per heavy atom. The molecule has 2 radical (unpaired) electrons. The van der Waals surface area contributed by atoms with Crippen LogP contribution >= 0.6 is 0 Å². The number of benzene rings is 1. The van der Waals surface area contributed by atoms with Crippen LogP contribution in [-0.2, 0) is 0 Å². The van der Waals surface area contributed by atoms with Crippen molar-refractivity contribution in [1.82, 2.24) is 0 Å². The average molecular weight is 381 g/mol. The van der Waals surface area contributed by atoms with E-state index in [0.29, 0.717) is 16.7 Å². The average Bonchev–Trinajstić information content (AvgIpc) is 2.15. The van der Waals surface area contributed by atoms with E-state index in [9.17, 15) is 9.59 Å².